The van der Waals surface area contributed by atoms with E-state index in [0.29, 0.717) is 0 Å². The van der Waals surface area contributed by atoms with Gasteiger partial charge in [0.25, 0.3) is 0 Å². The summed E-state index contributed by atoms with van der Waals surface area (Å²) in [4.78, 5) is 2.39. The molecular formula is C17H28N2O3S. The highest BCUT2D eigenvalue weighted by Gasteiger charge is 2.37. The molecule has 0 amide bonds. The third kappa shape index (κ3) is 4.17. The van der Waals surface area contributed by atoms with E-state index in [1.54, 1.807) is 0 Å². The van der Waals surface area contributed by atoms with Gasteiger partial charge >= 0.3 is 0 Å². The first kappa shape index (κ1) is 17.0. The predicted molar refractivity (Wildman–Crippen MR) is 90.7 cm³/mol. The summed E-state index contributed by atoms with van der Waals surface area (Å²) in [6, 6.07) is 4.44. The van der Waals surface area contributed by atoms with Crippen LogP contribution in [0.15, 0.2) is 16.5 Å². The maximum Gasteiger partial charge on any atom is 0.211 e. The average molecular weight is 340 g/mol. The molecule has 1 atom stereocenters. The highest BCUT2D eigenvalue weighted by molar-refractivity contribution is 7.88. The van der Waals surface area contributed by atoms with Gasteiger partial charge in [0.15, 0.2) is 0 Å². The first-order valence-corrected chi connectivity index (χ1v) is 10.5. The van der Waals surface area contributed by atoms with Crippen molar-refractivity contribution < 1.29 is 12.8 Å². The summed E-state index contributed by atoms with van der Waals surface area (Å²) >= 11 is 0. The van der Waals surface area contributed by atoms with Gasteiger partial charge in [0.1, 0.15) is 11.5 Å². The van der Waals surface area contributed by atoms with Crippen LogP contribution in [0.25, 0.3) is 0 Å². The quantitative estimate of drug-likeness (QED) is 0.827. The molecule has 1 unspecified atom stereocenters. The Kier molecular flexibility index (Phi) is 5.13. The second-order valence-corrected chi connectivity index (χ2v) is 8.94. The van der Waals surface area contributed by atoms with Gasteiger partial charge in [-0.3, -0.25) is 4.90 Å². The minimum Gasteiger partial charge on any atom is -0.465 e. The molecule has 2 aliphatic rings. The molecule has 1 aliphatic heterocycles. The van der Waals surface area contributed by atoms with Crippen LogP contribution in [0.3, 0.4) is 0 Å². The van der Waals surface area contributed by atoms with E-state index in [0.717, 1.165) is 69.7 Å². The van der Waals surface area contributed by atoms with Crippen molar-refractivity contribution >= 4 is 10.0 Å². The predicted octanol–water partition coefficient (Wildman–Crippen LogP) is 2.76. The molecule has 1 aromatic rings. The molecular weight excluding hydrogens is 312 g/mol. The standard InChI is InChI=1S/C17H28N2O3S/c1-14-8-9-17(22-14)13-18-11-4-7-16(10-12-18)19(23(2,20)21)15-5-3-6-15/h8-9,15-16H,3-7,10-13H2,1-2H3. The van der Waals surface area contributed by atoms with Crippen molar-refractivity contribution in [2.45, 2.75) is 64.1 Å². The fraction of sp³-hybridized carbons (Fsp3) is 0.765. The molecule has 2 fully saturated rings. The van der Waals surface area contributed by atoms with Gasteiger partial charge in [-0.15, -0.1) is 0 Å². The summed E-state index contributed by atoms with van der Waals surface area (Å²) in [5.74, 6) is 1.95. The number of nitrogens with zero attached hydrogens (tertiary/aromatic N) is 2. The van der Waals surface area contributed by atoms with Gasteiger partial charge in [-0.1, -0.05) is 6.42 Å². The lowest BCUT2D eigenvalue weighted by atomic mass is 9.91. The monoisotopic (exact) mass is 340 g/mol. The van der Waals surface area contributed by atoms with Gasteiger partial charge in [0.05, 0.1) is 12.8 Å². The van der Waals surface area contributed by atoms with Gasteiger partial charge in [-0.2, -0.15) is 4.31 Å². The molecule has 0 N–H and O–H groups in total. The summed E-state index contributed by atoms with van der Waals surface area (Å²) < 4.78 is 32.0. The molecule has 0 bridgehead atoms. The Morgan fingerprint density at radius 1 is 1.13 bits per heavy atom. The van der Waals surface area contributed by atoms with Gasteiger partial charge in [0.2, 0.25) is 10.0 Å². The molecule has 0 radical (unpaired) electrons. The minimum absolute atomic E-state index is 0.165. The molecule has 1 aromatic heterocycles. The lowest BCUT2D eigenvalue weighted by Crippen LogP contribution is -2.49. The van der Waals surface area contributed by atoms with Crippen LogP contribution in [0.5, 0.6) is 0 Å². The smallest absolute Gasteiger partial charge is 0.211 e. The van der Waals surface area contributed by atoms with Crippen molar-refractivity contribution in [3.63, 3.8) is 0 Å². The Labute approximate surface area is 139 Å². The van der Waals surface area contributed by atoms with Crippen molar-refractivity contribution in [3.05, 3.63) is 23.7 Å². The van der Waals surface area contributed by atoms with Crippen LogP contribution in [-0.2, 0) is 16.6 Å². The van der Waals surface area contributed by atoms with Gasteiger partial charge < -0.3 is 4.42 Å². The van der Waals surface area contributed by atoms with Crippen LogP contribution < -0.4 is 0 Å². The Morgan fingerprint density at radius 3 is 2.39 bits per heavy atom. The van der Waals surface area contributed by atoms with Gasteiger partial charge in [0, 0.05) is 18.6 Å². The van der Waals surface area contributed by atoms with Crippen LogP contribution in [0.4, 0.5) is 0 Å². The molecule has 130 valence electrons. The molecule has 1 saturated carbocycles. The molecule has 0 aromatic carbocycles. The zero-order valence-electron chi connectivity index (χ0n) is 14.2. The largest absolute Gasteiger partial charge is 0.465 e. The average Bonchev–Trinajstić information content (AvgIpc) is 2.68. The molecule has 6 heteroatoms. The van der Waals surface area contributed by atoms with Crippen LogP contribution in [0.1, 0.15) is 50.0 Å². The van der Waals surface area contributed by atoms with Crippen molar-refractivity contribution in [1.29, 1.82) is 0 Å². The molecule has 23 heavy (non-hydrogen) atoms. The van der Waals surface area contributed by atoms with E-state index in [-0.39, 0.29) is 12.1 Å². The Balaban J connectivity index is 1.62. The van der Waals surface area contributed by atoms with Crippen molar-refractivity contribution in [1.82, 2.24) is 9.21 Å². The number of furan rings is 1. The number of sulfonamides is 1. The number of aryl methyl sites for hydroxylation is 1. The number of likely N-dealkylation sites (tertiary alicyclic amines) is 1. The number of hydrogen-bond donors (Lipinski definition) is 0. The zero-order valence-corrected chi connectivity index (χ0v) is 15.0. The van der Waals surface area contributed by atoms with Crippen molar-refractivity contribution in [2.75, 3.05) is 19.3 Å². The summed E-state index contributed by atoms with van der Waals surface area (Å²) in [7, 11) is -3.12. The van der Waals surface area contributed by atoms with E-state index in [2.05, 4.69) is 4.90 Å². The fourth-order valence-corrected chi connectivity index (χ4v) is 5.33. The Morgan fingerprint density at radius 2 is 1.83 bits per heavy atom. The molecule has 5 nitrogen and oxygen atoms in total. The minimum atomic E-state index is -3.12. The second kappa shape index (κ2) is 6.95. The Hall–Kier alpha value is -0.850. The van der Waals surface area contributed by atoms with Crippen LogP contribution in [0, 0.1) is 6.92 Å². The van der Waals surface area contributed by atoms with E-state index in [4.69, 9.17) is 4.42 Å². The highest BCUT2D eigenvalue weighted by atomic mass is 32.2. The SMILES string of the molecule is Cc1ccc(CN2CCCC(N(C3CCC3)S(C)(=O)=O)CC2)o1. The second-order valence-electron chi connectivity index (χ2n) is 7.05. The normalized spacial score (nSPS) is 24.6. The van der Waals surface area contributed by atoms with E-state index in [1.807, 2.05) is 23.4 Å². The zero-order chi connectivity index (χ0) is 16.4. The lowest BCUT2D eigenvalue weighted by molar-refractivity contribution is 0.160. The third-order valence-corrected chi connectivity index (χ3v) is 6.51. The summed E-state index contributed by atoms with van der Waals surface area (Å²) in [6.07, 6.45) is 7.52. The maximum atomic E-state index is 12.2. The Bertz CT molecular complexity index is 622. The maximum absolute atomic E-state index is 12.2. The van der Waals surface area contributed by atoms with E-state index >= 15 is 0 Å². The third-order valence-electron chi connectivity index (χ3n) is 5.14. The highest BCUT2D eigenvalue weighted by Crippen LogP contribution is 2.32. The molecule has 3 rings (SSSR count). The van der Waals surface area contributed by atoms with Crippen LogP contribution >= 0.6 is 0 Å². The summed E-state index contributed by atoms with van der Waals surface area (Å²) in [5.41, 5.74) is 0. The van der Waals surface area contributed by atoms with Crippen molar-refractivity contribution in [3.8, 4) is 0 Å². The molecule has 0 spiro atoms. The van der Waals surface area contributed by atoms with Crippen molar-refractivity contribution in [2.24, 2.45) is 0 Å². The first-order chi connectivity index (χ1) is 10.9. The van der Waals surface area contributed by atoms with Crippen LogP contribution in [-0.4, -0.2) is 49.1 Å². The van der Waals surface area contributed by atoms with Gasteiger partial charge in [-0.25, -0.2) is 8.42 Å². The lowest BCUT2D eigenvalue weighted by Gasteiger charge is -2.40. The number of hydrogen-bond acceptors (Lipinski definition) is 4. The summed E-state index contributed by atoms with van der Waals surface area (Å²) in [5, 5.41) is 0. The first-order valence-electron chi connectivity index (χ1n) is 8.69. The van der Waals surface area contributed by atoms with Crippen LogP contribution in [0.2, 0.25) is 0 Å². The van der Waals surface area contributed by atoms with E-state index < -0.39 is 10.0 Å². The topological polar surface area (TPSA) is 53.8 Å². The fourth-order valence-electron chi connectivity index (χ4n) is 3.82. The molecule has 1 aliphatic carbocycles. The van der Waals surface area contributed by atoms with E-state index in [9.17, 15) is 8.42 Å². The summed E-state index contributed by atoms with van der Waals surface area (Å²) in [6.45, 7) is 4.73. The van der Waals surface area contributed by atoms with Gasteiger partial charge in [-0.05, 0) is 57.7 Å². The number of rotatable bonds is 5. The van der Waals surface area contributed by atoms with E-state index in [1.165, 1.54) is 6.26 Å². The molecule has 1 saturated heterocycles. The molecule has 2 heterocycles.